The Bertz CT molecular complexity index is 530. The molecule has 0 aliphatic heterocycles. The molecule has 6 heteroatoms. The van der Waals surface area contributed by atoms with Crippen LogP contribution in [0.4, 0.5) is 0 Å². The standard InChI is InChI=1S/C18H27NO5/c1-3-4-5-13-24-18-14(7-6-8-15(18)23-2)11-12-19-16(20)9-10-17(21)22/h6-8H,3-5,9-13H2,1-2H3,(H,19,20)(H,21,22). The van der Waals surface area contributed by atoms with Crippen LogP contribution in [0.25, 0.3) is 0 Å². The number of methoxy groups -OCH3 is 1. The maximum atomic E-state index is 11.6. The Balaban J connectivity index is 2.56. The van der Waals surface area contributed by atoms with Gasteiger partial charge >= 0.3 is 5.97 Å². The Labute approximate surface area is 143 Å². The fourth-order valence-corrected chi connectivity index (χ4v) is 2.25. The number of benzene rings is 1. The second kappa shape index (κ2) is 11.3. The van der Waals surface area contributed by atoms with E-state index in [2.05, 4.69) is 12.2 Å². The number of nitrogens with one attached hydrogen (secondary N) is 1. The molecule has 6 nitrogen and oxygen atoms in total. The monoisotopic (exact) mass is 337 g/mol. The third kappa shape index (κ3) is 7.35. The van der Waals surface area contributed by atoms with Gasteiger partial charge in [-0.2, -0.15) is 0 Å². The van der Waals surface area contributed by atoms with Gasteiger partial charge in [-0.1, -0.05) is 31.9 Å². The van der Waals surface area contributed by atoms with Crippen LogP contribution in [-0.4, -0.2) is 37.2 Å². The summed E-state index contributed by atoms with van der Waals surface area (Å²) in [5.41, 5.74) is 0.962. The highest BCUT2D eigenvalue weighted by molar-refractivity contribution is 5.80. The molecule has 0 heterocycles. The first kappa shape index (κ1) is 19.8. The molecule has 1 aromatic carbocycles. The van der Waals surface area contributed by atoms with E-state index in [-0.39, 0.29) is 18.7 Å². The van der Waals surface area contributed by atoms with Crippen LogP contribution in [0.3, 0.4) is 0 Å². The maximum Gasteiger partial charge on any atom is 0.303 e. The predicted octanol–water partition coefficient (Wildman–Crippen LogP) is 2.79. The SMILES string of the molecule is CCCCCOc1c(CCNC(=O)CCC(=O)O)cccc1OC. The van der Waals surface area contributed by atoms with E-state index >= 15 is 0 Å². The molecule has 0 saturated carbocycles. The topological polar surface area (TPSA) is 84.9 Å². The molecule has 0 saturated heterocycles. The van der Waals surface area contributed by atoms with Crippen molar-refractivity contribution >= 4 is 11.9 Å². The van der Waals surface area contributed by atoms with Crippen molar-refractivity contribution < 1.29 is 24.2 Å². The Kier molecular flexibility index (Phi) is 9.34. The van der Waals surface area contributed by atoms with Gasteiger partial charge in [0.05, 0.1) is 20.1 Å². The number of ether oxygens (including phenoxy) is 2. The smallest absolute Gasteiger partial charge is 0.303 e. The summed E-state index contributed by atoms with van der Waals surface area (Å²) in [4.78, 5) is 22.0. The van der Waals surface area contributed by atoms with Crippen LogP contribution in [0.2, 0.25) is 0 Å². The molecule has 0 aromatic heterocycles. The van der Waals surface area contributed by atoms with Gasteiger partial charge in [0.25, 0.3) is 0 Å². The normalized spacial score (nSPS) is 10.2. The Morgan fingerprint density at radius 1 is 1.21 bits per heavy atom. The van der Waals surface area contributed by atoms with Crippen molar-refractivity contribution in [3.8, 4) is 11.5 Å². The van der Waals surface area contributed by atoms with Crippen molar-refractivity contribution in [3.63, 3.8) is 0 Å². The van der Waals surface area contributed by atoms with Crippen molar-refractivity contribution in [2.75, 3.05) is 20.3 Å². The summed E-state index contributed by atoms with van der Waals surface area (Å²) in [6.07, 6.45) is 3.66. The van der Waals surface area contributed by atoms with E-state index in [0.717, 1.165) is 30.6 Å². The number of carbonyl (C=O) groups excluding carboxylic acids is 1. The van der Waals surface area contributed by atoms with Gasteiger partial charge in [-0.3, -0.25) is 9.59 Å². The third-order valence-electron chi connectivity index (χ3n) is 3.56. The Morgan fingerprint density at radius 2 is 2.00 bits per heavy atom. The minimum Gasteiger partial charge on any atom is -0.493 e. The average Bonchev–Trinajstić information content (AvgIpc) is 2.57. The molecule has 0 fully saturated rings. The first-order valence-corrected chi connectivity index (χ1v) is 8.35. The van der Waals surface area contributed by atoms with E-state index in [1.54, 1.807) is 7.11 Å². The maximum absolute atomic E-state index is 11.6. The quantitative estimate of drug-likeness (QED) is 0.573. The number of aliphatic carboxylic acids is 1. The minimum atomic E-state index is -0.972. The van der Waals surface area contributed by atoms with Gasteiger partial charge in [0.15, 0.2) is 11.5 Å². The lowest BCUT2D eigenvalue weighted by atomic mass is 10.1. The number of hydrogen-bond acceptors (Lipinski definition) is 4. The van der Waals surface area contributed by atoms with E-state index in [1.807, 2.05) is 18.2 Å². The van der Waals surface area contributed by atoms with Crippen LogP contribution >= 0.6 is 0 Å². The first-order valence-electron chi connectivity index (χ1n) is 8.35. The lowest BCUT2D eigenvalue weighted by Gasteiger charge is -2.15. The summed E-state index contributed by atoms with van der Waals surface area (Å²) < 4.78 is 11.2. The molecular formula is C18H27NO5. The summed E-state index contributed by atoms with van der Waals surface area (Å²) in [6, 6.07) is 5.69. The summed E-state index contributed by atoms with van der Waals surface area (Å²) >= 11 is 0. The summed E-state index contributed by atoms with van der Waals surface area (Å²) in [5.74, 6) is 0.170. The highest BCUT2D eigenvalue weighted by Crippen LogP contribution is 2.31. The molecule has 24 heavy (non-hydrogen) atoms. The average molecular weight is 337 g/mol. The van der Waals surface area contributed by atoms with Crippen molar-refractivity contribution in [2.45, 2.75) is 45.4 Å². The zero-order valence-corrected chi connectivity index (χ0v) is 14.5. The van der Waals surface area contributed by atoms with Crippen LogP contribution in [0.5, 0.6) is 11.5 Å². The Hall–Kier alpha value is -2.24. The Morgan fingerprint density at radius 3 is 2.67 bits per heavy atom. The molecular weight excluding hydrogens is 310 g/mol. The second-order valence-electron chi connectivity index (χ2n) is 5.50. The van der Waals surface area contributed by atoms with Gasteiger partial charge in [0, 0.05) is 13.0 Å². The number of rotatable bonds is 12. The highest BCUT2D eigenvalue weighted by atomic mass is 16.5. The van der Waals surface area contributed by atoms with Crippen molar-refractivity contribution in [1.82, 2.24) is 5.32 Å². The predicted molar refractivity (Wildman–Crippen MR) is 91.6 cm³/mol. The van der Waals surface area contributed by atoms with E-state index in [9.17, 15) is 9.59 Å². The lowest BCUT2D eigenvalue weighted by molar-refractivity contribution is -0.138. The molecule has 0 unspecified atom stereocenters. The molecule has 0 radical (unpaired) electrons. The van der Waals surface area contributed by atoms with Crippen LogP contribution < -0.4 is 14.8 Å². The van der Waals surface area contributed by atoms with E-state index < -0.39 is 5.97 Å². The summed E-state index contributed by atoms with van der Waals surface area (Å²) in [7, 11) is 1.60. The van der Waals surface area contributed by atoms with Gasteiger partial charge in [0.2, 0.25) is 5.91 Å². The van der Waals surface area contributed by atoms with Crippen molar-refractivity contribution in [3.05, 3.63) is 23.8 Å². The fraction of sp³-hybridized carbons (Fsp3) is 0.556. The molecule has 0 atom stereocenters. The number of hydrogen-bond donors (Lipinski definition) is 2. The van der Waals surface area contributed by atoms with Gasteiger partial charge in [0.1, 0.15) is 0 Å². The van der Waals surface area contributed by atoms with Crippen LogP contribution in [0.1, 0.15) is 44.6 Å². The van der Waals surface area contributed by atoms with E-state index in [4.69, 9.17) is 14.6 Å². The fourth-order valence-electron chi connectivity index (χ4n) is 2.25. The number of amides is 1. The van der Waals surface area contributed by atoms with Crippen molar-refractivity contribution in [1.29, 1.82) is 0 Å². The number of para-hydroxylation sites is 1. The molecule has 0 spiro atoms. The van der Waals surface area contributed by atoms with Crippen LogP contribution in [0, 0.1) is 0 Å². The minimum absolute atomic E-state index is 0.00613. The summed E-state index contributed by atoms with van der Waals surface area (Å²) in [5, 5.41) is 11.3. The summed E-state index contributed by atoms with van der Waals surface area (Å²) in [6.45, 7) is 3.20. The van der Waals surface area contributed by atoms with E-state index in [1.165, 1.54) is 0 Å². The molecule has 1 aromatic rings. The van der Waals surface area contributed by atoms with Crippen LogP contribution in [0.15, 0.2) is 18.2 Å². The molecule has 134 valence electrons. The van der Waals surface area contributed by atoms with E-state index in [0.29, 0.717) is 25.3 Å². The second-order valence-corrected chi connectivity index (χ2v) is 5.50. The van der Waals surface area contributed by atoms with Crippen LogP contribution in [-0.2, 0) is 16.0 Å². The number of carbonyl (C=O) groups is 2. The molecule has 0 bridgehead atoms. The zero-order chi connectivity index (χ0) is 17.8. The van der Waals surface area contributed by atoms with Gasteiger partial charge in [-0.15, -0.1) is 0 Å². The number of unbranched alkanes of at least 4 members (excludes halogenated alkanes) is 2. The van der Waals surface area contributed by atoms with Gasteiger partial charge in [-0.25, -0.2) is 0 Å². The first-order chi connectivity index (χ1) is 11.6. The zero-order valence-electron chi connectivity index (χ0n) is 14.5. The molecule has 2 N–H and O–H groups in total. The number of carboxylic acid groups (broad SMARTS) is 1. The molecule has 0 aliphatic rings. The lowest BCUT2D eigenvalue weighted by Crippen LogP contribution is -2.26. The number of carboxylic acids is 1. The molecule has 0 aliphatic carbocycles. The van der Waals surface area contributed by atoms with Crippen molar-refractivity contribution in [2.24, 2.45) is 0 Å². The van der Waals surface area contributed by atoms with Gasteiger partial charge in [-0.05, 0) is 24.5 Å². The van der Waals surface area contributed by atoms with Gasteiger partial charge < -0.3 is 19.9 Å². The molecule has 1 rings (SSSR count). The molecule has 1 amide bonds. The largest absolute Gasteiger partial charge is 0.493 e. The third-order valence-corrected chi connectivity index (χ3v) is 3.56. The highest BCUT2D eigenvalue weighted by Gasteiger charge is 2.11.